The molecule has 2 rings (SSSR count). The van der Waals surface area contributed by atoms with Crippen LogP contribution in [0.2, 0.25) is 0 Å². The summed E-state index contributed by atoms with van der Waals surface area (Å²) in [6.45, 7) is 0.0626. The number of methoxy groups -OCH3 is 2. The smallest absolute Gasteiger partial charge is 0.250 e. The summed E-state index contributed by atoms with van der Waals surface area (Å²) in [5, 5.41) is 5.49. The quantitative estimate of drug-likeness (QED) is 0.715. The predicted molar refractivity (Wildman–Crippen MR) is 103 cm³/mol. The first-order valence-corrected chi connectivity index (χ1v) is 8.06. The zero-order chi connectivity index (χ0) is 18.8. The predicted octanol–water partition coefficient (Wildman–Crippen LogP) is 3.03. The van der Waals surface area contributed by atoms with Crippen molar-refractivity contribution in [1.29, 1.82) is 0 Å². The van der Waals surface area contributed by atoms with Crippen LogP contribution in [0.4, 0.5) is 11.4 Å². The van der Waals surface area contributed by atoms with Gasteiger partial charge in [-0.05, 0) is 35.4 Å². The van der Waals surface area contributed by atoms with Gasteiger partial charge in [-0.25, -0.2) is 0 Å². The second kappa shape index (κ2) is 10.1. The Bertz CT molecular complexity index is 687. The number of nitrogens with one attached hydrogen (secondary N) is 2. The van der Waals surface area contributed by atoms with Crippen LogP contribution in [0.15, 0.2) is 48.5 Å². The fraction of sp³-hybridized carbons (Fsp3) is 0.200. The van der Waals surface area contributed by atoms with Gasteiger partial charge in [0.2, 0.25) is 11.8 Å². The van der Waals surface area contributed by atoms with Gasteiger partial charge in [0.05, 0.1) is 0 Å². The molecule has 0 atom stereocenters. The number of carbonyl (C=O) groups is 2. The molecule has 0 heterocycles. The number of hydrogen-bond acceptors (Lipinski definition) is 4. The highest BCUT2D eigenvalue weighted by Crippen LogP contribution is 2.15. The first-order chi connectivity index (χ1) is 12.6. The van der Waals surface area contributed by atoms with Gasteiger partial charge in [-0.3, -0.25) is 9.59 Å². The van der Waals surface area contributed by atoms with Crippen LogP contribution in [-0.2, 0) is 19.1 Å². The maximum atomic E-state index is 11.5. The van der Waals surface area contributed by atoms with Crippen LogP contribution < -0.4 is 10.6 Å². The molecular weight excluding hydrogens is 332 g/mol. The summed E-state index contributed by atoms with van der Waals surface area (Å²) in [6.07, 6.45) is 3.94. The second-order valence-corrected chi connectivity index (χ2v) is 5.54. The fourth-order valence-electron chi connectivity index (χ4n) is 2.20. The van der Waals surface area contributed by atoms with Crippen molar-refractivity contribution >= 4 is 35.3 Å². The van der Waals surface area contributed by atoms with Gasteiger partial charge in [0, 0.05) is 25.6 Å². The molecule has 0 unspecified atom stereocenters. The minimum absolute atomic E-state index is 0.0313. The Balaban J connectivity index is 1.92. The largest absolute Gasteiger partial charge is 0.375 e. The van der Waals surface area contributed by atoms with E-state index in [-0.39, 0.29) is 25.0 Å². The second-order valence-electron chi connectivity index (χ2n) is 5.54. The summed E-state index contributed by atoms with van der Waals surface area (Å²) in [5.41, 5.74) is 3.46. The van der Waals surface area contributed by atoms with Crippen molar-refractivity contribution in [3.63, 3.8) is 0 Å². The molecule has 0 fully saturated rings. The molecule has 0 aliphatic heterocycles. The van der Waals surface area contributed by atoms with E-state index < -0.39 is 0 Å². The van der Waals surface area contributed by atoms with E-state index in [1.807, 2.05) is 60.7 Å². The SMILES string of the molecule is COCC(=O)Nc1ccc(C=Cc2ccc(NC(=O)COC)cc2)cc1. The van der Waals surface area contributed by atoms with Crippen molar-refractivity contribution in [2.75, 3.05) is 38.1 Å². The lowest BCUT2D eigenvalue weighted by Gasteiger charge is -2.05. The van der Waals surface area contributed by atoms with Crippen molar-refractivity contribution in [3.05, 3.63) is 59.7 Å². The molecule has 26 heavy (non-hydrogen) atoms. The lowest BCUT2D eigenvalue weighted by atomic mass is 10.1. The van der Waals surface area contributed by atoms with Crippen LogP contribution in [-0.4, -0.2) is 39.2 Å². The minimum atomic E-state index is -0.187. The summed E-state index contributed by atoms with van der Waals surface area (Å²) in [7, 11) is 2.96. The number of anilines is 2. The molecule has 2 amide bonds. The highest BCUT2D eigenvalue weighted by Gasteiger charge is 2.01. The summed E-state index contributed by atoms with van der Waals surface area (Å²) in [5.74, 6) is -0.373. The van der Waals surface area contributed by atoms with Crippen molar-refractivity contribution in [3.8, 4) is 0 Å². The van der Waals surface area contributed by atoms with Crippen molar-refractivity contribution < 1.29 is 19.1 Å². The molecule has 0 aliphatic carbocycles. The first kappa shape index (κ1) is 19.4. The molecule has 136 valence electrons. The van der Waals surface area contributed by atoms with Gasteiger partial charge in [-0.1, -0.05) is 36.4 Å². The maximum Gasteiger partial charge on any atom is 0.250 e. The molecule has 0 saturated carbocycles. The van der Waals surface area contributed by atoms with E-state index in [0.717, 1.165) is 22.5 Å². The summed E-state index contributed by atoms with van der Waals surface area (Å²) < 4.78 is 9.55. The van der Waals surface area contributed by atoms with Crippen LogP contribution in [0.3, 0.4) is 0 Å². The van der Waals surface area contributed by atoms with Crippen LogP contribution >= 0.6 is 0 Å². The van der Waals surface area contributed by atoms with E-state index in [1.54, 1.807) is 0 Å². The van der Waals surface area contributed by atoms with Gasteiger partial charge in [-0.2, -0.15) is 0 Å². The molecule has 0 aromatic heterocycles. The van der Waals surface area contributed by atoms with Gasteiger partial charge in [0.15, 0.2) is 0 Å². The van der Waals surface area contributed by atoms with Crippen LogP contribution in [0.5, 0.6) is 0 Å². The Kier molecular flexibility index (Phi) is 7.54. The van der Waals surface area contributed by atoms with Crippen molar-refractivity contribution in [1.82, 2.24) is 0 Å². The molecule has 0 aliphatic rings. The summed E-state index contributed by atoms with van der Waals surface area (Å²) >= 11 is 0. The molecule has 6 heteroatoms. The number of amides is 2. The average molecular weight is 354 g/mol. The van der Waals surface area contributed by atoms with E-state index in [1.165, 1.54) is 14.2 Å². The van der Waals surface area contributed by atoms with E-state index >= 15 is 0 Å². The summed E-state index contributed by atoms with van der Waals surface area (Å²) in [4.78, 5) is 22.9. The number of rotatable bonds is 8. The third-order valence-electron chi connectivity index (χ3n) is 3.41. The van der Waals surface area contributed by atoms with Gasteiger partial charge in [-0.15, -0.1) is 0 Å². The van der Waals surface area contributed by atoms with E-state index in [0.29, 0.717) is 0 Å². The van der Waals surface area contributed by atoms with Crippen molar-refractivity contribution in [2.45, 2.75) is 0 Å². The first-order valence-electron chi connectivity index (χ1n) is 8.06. The van der Waals surface area contributed by atoms with Crippen LogP contribution in [0.25, 0.3) is 12.2 Å². The Morgan fingerprint density at radius 1 is 0.731 bits per heavy atom. The molecule has 0 radical (unpaired) electrons. The highest BCUT2D eigenvalue weighted by molar-refractivity contribution is 5.92. The molecule has 6 nitrogen and oxygen atoms in total. The van der Waals surface area contributed by atoms with Gasteiger partial charge in [0.25, 0.3) is 0 Å². The number of ether oxygens (including phenoxy) is 2. The minimum Gasteiger partial charge on any atom is -0.375 e. The third-order valence-corrected chi connectivity index (χ3v) is 3.41. The van der Waals surface area contributed by atoms with E-state index in [4.69, 9.17) is 9.47 Å². The van der Waals surface area contributed by atoms with Gasteiger partial charge >= 0.3 is 0 Å². The van der Waals surface area contributed by atoms with Crippen molar-refractivity contribution in [2.24, 2.45) is 0 Å². The van der Waals surface area contributed by atoms with Crippen LogP contribution in [0, 0.1) is 0 Å². The Morgan fingerprint density at radius 3 is 1.38 bits per heavy atom. The maximum absolute atomic E-state index is 11.5. The molecule has 2 aromatic rings. The van der Waals surface area contributed by atoms with E-state index in [2.05, 4.69) is 10.6 Å². The topological polar surface area (TPSA) is 76.7 Å². The molecule has 0 bridgehead atoms. The summed E-state index contributed by atoms with van der Waals surface area (Å²) in [6, 6.07) is 15.0. The molecular formula is C20H22N2O4. The molecule has 0 spiro atoms. The lowest BCUT2D eigenvalue weighted by Crippen LogP contribution is -2.16. The fourth-order valence-corrected chi connectivity index (χ4v) is 2.20. The number of carbonyl (C=O) groups excluding carboxylic acids is 2. The highest BCUT2D eigenvalue weighted by atomic mass is 16.5. The number of hydrogen-bond donors (Lipinski definition) is 2. The monoisotopic (exact) mass is 354 g/mol. The number of benzene rings is 2. The Labute approximate surface area is 152 Å². The lowest BCUT2D eigenvalue weighted by molar-refractivity contribution is -0.120. The zero-order valence-corrected chi connectivity index (χ0v) is 14.8. The molecule has 0 saturated heterocycles. The van der Waals surface area contributed by atoms with Crippen LogP contribution in [0.1, 0.15) is 11.1 Å². The normalized spacial score (nSPS) is 10.7. The third kappa shape index (κ3) is 6.51. The molecule has 2 aromatic carbocycles. The van der Waals surface area contributed by atoms with E-state index in [9.17, 15) is 9.59 Å². The molecule has 2 N–H and O–H groups in total. The van der Waals surface area contributed by atoms with Gasteiger partial charge in [0.1, 0.15) is 13.2 Å². The zero-order valence-electron chi connectivity index (χ0n) is 14.8. The Morgan fingerprint density at radius 2 is 1.08 bits per heavy atom. The average Bonchev–Trinajstić information content (AvgIpc) is 2.63. The van der Waals surface area contributed by atoms with Gasteiger partial charge < -0.3 is 20.1 Å². The Hall–Kier alpha value is -2.96. The standard InChI is InChI=1S/C20H22N2O4/c1-25-13-19(23)21-17-9-5-15(6-10-17)3-4-16-7-11-18(12-8-16)22-20(24)14-26-2/h3-12H,13-14H2,1-2H3,(H,21,23)(H,22,24).